The van der Waals surface area contributed by atoms with E-state index in [1.807, 2.05) is 0 Å². The monoisotopic (exact) mass is 220 g/mol. The molecule has 2 N–H and O–H groups in total. The van der Waals surface area contributed by atoms with Gasteiger partial charge in [-0.3, -0.25) is 9.69 Å². The van der Waals surface area contributed by atoms with Crippen molar-refractivity contribution >= 4 is 5.82 Å². The molecule has 2 heterocycles. The zero-order valence-electron chi connectivity index (χ0n) is 9.15. The van der Waals surface area contributed by atoms with Crippen molar-refractivity contribution in [3.8, 4) is 0 Å². The molecule has 0 amide bonds. The average molecular weight is 220 g/mol. The van der Waals surface area contributed by atoms with Gasteiger partial charge in [-0.15, -0.1) is 0 Å². The van der Waals surface area contributed by atoms with Gasteiger partial charge in [-0.05, 0) is 19.3 Å². The summed E-state index contributed by atoms with van der Waals surface area (Å²) >= 11 is 0. The van der Waals surface area contributed by atoms with E-state index in [0.717, 1.165) is 19.0 Å². The molecule has 0 bridgehead atoms. The molecule has 5 nitrogen and oxygen atoms in total. The molecular formula is C11H16N4O. The van der Waals surface area contributed by atoms with Crippen molar-refractivity contribution in [1.82, 2.24) is 14.9 Å². The van der Waals surface area contributed by atoms with Crippen molar-refractivity contribution in [2.24, 2.45) is 0 Å². The van der Waals surface area contributed by atoms with Crippen molar-refractivity contribution in [1.29, 1.82) is 0 Å². The third kappa shape index (κ3) is 2.09. The molecule has 1 atom stereocenters. The molecule has 0 aromatic carbocycles. The quantitative estimate of drug-likeness (QED) is 0.775. The van der Waals surface area contributed by atoms with Gasteiger partial charge in [0.05, 0.1) is 6.33 Å². The molecule has 86 valence electrons. The SMILES string of the molecule is O=c1cc(NC2CCN(C3CC3)C2)nc[nH]1. The molecule has 1 saturated heterocycles. The molecule has 2 aliphatic rings. The Kier molecular flexibility index (Phi) is 2.40. The fourth-order valence-electron chi connectivity index (χ4n) is 2.33. The zero-order valence-corrected chi connectivity index (χ0v) is 9.15. The van der Waals surface area contributed by atoms with E-state index in [2.05, 4.69) is 20.2 Å². The van der Waals surface area contributed by atoms with Gasteiger partial charge < -0.3 is 10.3 Å². The fourth-order valence-corrected chi connectivity index (χ4v) is 2.33. The highest BCUT2D eigenvalue weighted by Gasteiger charge is 2.34. The van der Waals surface area contributed by atoms with Gasteiger partial charge in [-0.25, -0.2) is 4.98 Å². The number of likely N-dealkylation sites (tertiary alicyclic amines) is 1. The molecule has 3 rings (SSSR count). The van der Waals surface area contributed by atoms with Gasteiger partial charge in [0.25, 0.3) is 5.56 Å². The Labute approximate surface area is 93.9 Å². The van der Waals surface area contributed by atoms with Gasteiger partial charge >= 0.3 is 0 Å². The second kappa shape index (κ2) is 3.90. The van der Waals surface area contributed by atoms with Gasteiger partial charge in [0.2, 0.25) is 0 Å². The van der Waals surface area contributed by atoms with Gasteiger partial charge in [0.15, 0.2) is 0 Å². The maximum Gasteiger partial charge on any atom is 0.252 e. The van der Waals surface area contributed by atoms with Crippen LogP contribution >= 0.6 is 0 Å². The number of aromatic nitrogens is 2. The normalized spacial score (nSPS) is 25.9. The number of hydrogen-bond donors (Lipinski definition) is 2. The Morgan fingerprint density at radius 2 is 2.31 bits per heavy atom. The van der Waals surface area contributed by atoms with Crippen molar-refractivity contribution in [2.75, 3.05) is 18.4 Å². The Balaban J connectivity index is 1.61. The lowest BCUT2D eigenvalue weighted by Gasteiger charge is -2.15. The lowest BCUT2D eigenvalue weighted by molar-refractivity contribution is 0.326. The van der Waals surface area contributed by atoms with E-state index in [1.165, 1.54) is 31.8 Å². The maximum absolute atomic E-state index is 11.1. The standard InChI is InChI=1S/C11H16N4O/c16-11-5-10(12-7-13-11)14-8-3-4-15(6-8)9-1-2-9/h5,7-9H,1-4,6H2,(H2,12,13,14,16). The number of nitrogens with zero attached hydrogens (tertiary/aromatic N) is 2. The molecule has 1 aromatic rings. The van der Waals surface area contributed by atoms with Crippen LogP contribution in [-0.2, 0) is 0 Å². The van der Waals surface area contributed by atoms with Crippen LogP contribution in [0.4, 0.5) is 5.82 Å². The van der Waals surface area contributed by atoms with Crippen LogP contribution in [-0.4, -0.2) is 40.0 Å². The van der Waals surface area contributed by atoms with Crippen LogP contribution < -0.4 is 10.9 Å². The van der Waals surface area contributed by atoms with Gasteiger partial charge in [-0.1, -0.05) is 0 Å². The van der Waals surface area contributed by atoms with E-state index < -0.39 is 0 Å². The first-order valence-corrected chi connectivity index (χ1v) is 5.86. The summed E-state index contributed by atoms with van der Waals surface area (Å²) in [6, 6.07) is 2.79. The smallest absolute Gasteiger partial charge is 0.252 e. The van der Waals surface area contributed by atoms with Crippen LogP contribution in [0.3, 0.4) is 0 Å². The Hall–Kier alpha value is -1.36. The minimum Gasteiger partial charge on any atom is -0.366 e. The van der Waals surface area contributed by atoms with E-state index >= 15 is 0 Å². The van der Waals surface area contributed by atoms with Gasteiger partial charge in [-0.2, -0.15) is 0 Å². The second-order valence-electron chi connectivity index (χ2n) is 4.65. The highest BCUT2D eigenvalue weighted by Crippen LogP contribution is 2.30. The summed E-state index contributed by atoms with van der Waals surface area (Å²) in [5.74, 6) is 0.686. The van der Waals surface area contributed by atoms with Crippen LogP contribution in [0.25, 0.3) is 0 Å². The predicted molar refractivity (Wildman–Crippen MR) is 61.5 cm³/mol. The molecular weight excluding hydrogens is 204 g/mol. The van der Waals surface area contributed by atoms with Crippen molar-refractivity contribution in [3.63, 3.8) is 0 Å². The minimum absolute atomic E-state index is 0.102. The summed E-state index contributed by atoms with van der Waals surface area (Å²) in [5.41, 5.74) is -0.102. The number of nitrogens with one attached hydrogen (secondary N) is 2. The van der Waals surface area contributed by atoms with Crippen molar-refractivity contribution < 1.29 is 0 Å². The third-order valence-corrected chi connectivity index (χ3v) is 3.31. The summed E-state index contributed by atoms with van der Waals surface area (Å²) in [6.45, 7) is 2.25. The highest BCUT2D eigenvalue weighted by molar-refractivity contribution is 5.33. The van der Waals surface area contributed by atoms with Crippen molar-refractivity contribution in [2.45, 2.75) is 31.3 Å². The lowest BCUT2D eigenvalue weighted by Crippen LogP contribution is -2.28. The Bertz CT molecular complexity index is 426. The van der Waals surface area contributed by atoms with E-state index in [4.69, 9.17) is 0 Å². The molecule has 5 heteroatoms. The average Bonchev–Trinajstić information content (AvgIpc) is 3.01. The highest BCUT2D eigenvalue weighted by atomic mass is 16.1. The summed E-state index contributed by atoms with van der Waals surface area (Å²) < 4.78 is 0. The van der Waals surface area contributed by atoms with E-state index in [0.29, 0.717) is 11.9 Å². The van der Waals surface area contributed by atoms with Crippen LogP contribution in [0, 0.1) is 0 Å². The first kappa shape index (κ1) is 9.84. The molecule has 0 radical (unpaired) electrons. The summed E-state index contributed by atoms with van der Waals surface area (Å²) in [4.78, 5) is 20.3. The van der Waals surface area contributed by atoms with Gasteiger partial charge in [0, 0.05) is 31.2 Å². The minimum atomic E-state index is -0.102. The van der Waals surface area contributed by atoms with E-state index in [-0.39, 0.29) is 5.56 Å². The summed E-state index contributed by atoms with van der Waals surface area (Å²) in [6.07, 6.45) is 5.30. The fraction of sp³-hybridized carbons (Fsp3) is 0.636. The van der Waals surface area contributed by atoms with Crippen LogP contribution in [0.1, 0.15) is 19.3 Å². The summed E-state index contributed by atoms with van der Waals surface area (Å²) in [7, 11) is 0. The molecule has 1 aromatic heterocycles. The summed E-state index contributed by atoms with van der Waals surface area (Å²) in [5, 5.41) is 3.32. The predicted octanol–water partition coefficient (Wildman–Crippen LogP) is 0.418. The Morgan fingerprint density at radius 1 is 1.44 bits per heavy atom. The van der Waals surface area contributed by atoms with Crippen LogP contribution in [0.15, 0.2) is 17.2 Å². The molecule has 1 unspecified atom stereocenters. The third-order valence-electron chi connectivity index (χ3n) is 3.31. The maximum atomic E-state index is 11.1. The van der Waals surface area contributed by atoms with Crippen LogP contribution in [0.2, 0.25) is 0 Å². The molecule has 1 saturated carbocycles. The topological polar surface area (TPSA) is 61.0 Å². The number of H-pyrrole nitrogens is 1. The lowest BCUT2D eigenvalue weighted by atomic mass is 10.2. The number of hydrogen-bond acceptors (Lipinski definition) is 4. The number of aromatic amines is 1. The molecule has 2 fully saturated rings. The first-order chi connectivity index (χ1) is 7.81. The Morgan fingerprint density at radius 3 is 3.06 bits per heavy atom. The first-order valence-electron chi connectivity index (χ1n) is 5.86. The number of anilines is 1. The zero-order chi connectivity index (χ0) is 11.0. The largest absolute Gasteiger partial charge is 0.366 e. The van der Waals surface area contributed by atoms with Crippen LogP contribution in [0.5, 0.6) is 0 Å². The molecule has 1 aliphatic heterocycles. The van der Waals surface area contributed by atoms with E-state index in [1.54, 1.807) is 0 Å². The molecule has 16 heavy (non-hydrogen) atoms. The van der Waals surface area contributed by atoms with Crippen molar-refractivity contribution in [3.05, 3.63) is 22.7 Å². The molecule has 1 aliphatic carbocycles. The molecule has 0 spiro atoms. The second-order valence-corrected chi connectivity index (χ2v) is 4.65. The van der Waals surface area contributed by atoms with E-state index in [9.17, 15) is 4.79 Å². The number of rotatable bonds is 3. The van der Waals surface area contributed by atoms with Gasteiger partial charge in [0.1, 0.15) is 5.82 Å².